The number of hydrogen-bond donors (Lipinski definition) is 3. The van der Waals surface area contributed by atoms with Crippen molar-refractivity contribution in [2.24, 2.45) is 0 Å². The standard InChI is InChI=1S/C35H25ClF3N3O3S/c36-29-17-16-25(35(37,38)39)19-30(29)41-32(43)21-46-27-14-7-13-26(20-27)40-34(45)31(42-33(44)23-9-2-1-3-10-23)18-24-12-6-11-22-8-4-5-15-28(22)24/h1-20H,21H2,(H,40,45)(H,41,43)(H,42,44)/b31-18+. The van der Waals surface area contributed by atoms with E-state index in [1.165, 1.54) is 0 Å². The van der Waals surface area contributed by atoms with E-state index < -0.39 is 29.5 Å². The van der Waals surface area contributed by atoms with Gasteiger partial charge in [0.05, 0.1) is 22.0 Å². The van der Waals surface area contributed by atoms with Crippen LogP contribution in [0.15, 0.2) is 126 Å². The summed E-state index contributed by atoms with van der Waals surface area (Å²) in [5.41, 5.74) is 0.438. The second-order valence-corrected chi connectivity index (χ2v) is 11.4. The van der Waals surface area contributed by atoms with E-state index in [0.29, 0.717) is 16.1 Å². The second kappa shape index (κ2) is 14.4. The molecule has 0 saturated heterocycles. The van der Waals surface area contributed by atoms with Crippen molar-refractivity contribution in [2.75, 3.05) is 16.4 Å². The lowest BCUT2D eigenvalue weighted by molar-refractivity contribution is -0.137. The third-order valence-corrected chi connectivity index (χ3v) is 8.00. The molecule has 0 aromatic heterocycles. The molecule has 0 saturated carbocycles. The molecule has 6 nitrogen and oxygen atoms in total. The van der Waals surface area contributed by atoms with E-state index in [4.69, 9.17) is 11.6 Å². The zero-order chi connectivity index (χ0) is 32.7. The first kappa shape index (κ1) is 32.3. The summed E-state index contributed by atoms with van der Waals surface area (Å²) in [5, 5.41) is 9.79. The van der Waals surface area contributed by atoms with Crippen LogP contribution in [0, 0.1) is 0 Å². The zero-order valence-electron chi connectivity index (χ0n) is 23.9. The Morgan fingerprint density at radius 1 is 0.783 bits per heavy atom. The average Bonchev–Trinajstić information content (AvgIpc) is 3.04. The van der Waals surface area contributed by atoms with Crippen molar-refractivity contribution < 1.29 is 27.6 Å². The van der Waals surface area contributed by atoms with Crippen LogP contribution in [0.2, 0.25) is 5.02 Å². The minimum Gasteiger partial charge on any atom is -0.324 e. The Hall–Kier alpha value is -5.06. The van der Waals surface area contributed by atoms with Crippen LogP contribution in [0.25, 0.3) is 16.8 Å². The molecule has 3 N–H and O–H groups in total. The number of hydrogen-bond acceptors (Lipinski definition) is 4. The molecule has 0 heterocycles. The predicted molar refractivity (Wildman–Crippen MR) is 177 cm³/mol. The van der Waals surface area contributed by atoms with Crippen molar-refractivity contribution >= 4 is 69.3 Å². The molecule has 0 aliphatic heterocycles. The molecule has 0 atom stereocenters. The van der Waals surface area contributed by atoms with Crippen molar-refractivity contribution in [3.05, 3.63) is 143 Å². The quantitative estimate of drug-likeness (QED) is 0.109. The number of fused-ring (bicyclic) bond motifs is 1. The summed E-state index contributed by atoms with van der Waals surface area (Å²) in [6.45, 7) is 0. The van der Waals surface area contributed by atoms with Crippen LogP contribution in [-0.2, 0) is 15.8 Å². The van der Waals surface area contributed by atoms with Gasteiger partial charge in [0.2, 0.25) is 5.91 Å². The highest BCUT2D eigenvalue weighted by Crippen LogP contribution is 2.34. The van der Waals surface area contributed by atoms with Crippen LogP contribution in [0.4, 0.5) is 24.5 Å². The van der Waals surface area contributed by atoms with Gasteiger partial charge < -0.3 is 16.0 Å². The molecule has 232 valence electrons. The number of nitrogens with one attached hydrogen (secondary N) is 3. The van der Waals surface area contributed by atoms with Crippen LogP contribution in [0.3, 0.4) is 0 Å². The first-order valence-corrected chi connectivity index (χ1v) is 15.2. The van der Waals surface area contributed by atoms with Crippen molar-refractivity contribution in [1.29, 1.82) is 0 Å². The Labute approximate surface area is 271 Å². The Morgan fingerprint density at radius 3 is 2.28 bits per heavy atom. The molecular formula is C35H25ClF3N3O3S. The predicted octanol–water partition coefficient (Wildman–Crippen LogP) is 8.65. The van der Waals surface area contributed by atoms with Crippen molar-refractivity contribution in [3.8, 4) is 0 Å². The molecule has 0 spiro atoms. The number of amides is 3. The lowest BCUT2D eigenvalue weighted by atomic mass is 10.0. The highest BCUT2D eigenvalue weighted by atomic mass is 35.5. The van der Waals surface area contributed by atoms with Gasteiger partial charge in [0.1, 0.15) is 5.70 Å². The number of rotatable bonds is 9. The smallest absolute Gasteiger partial charge is 0.324 e. The third-order valence-electron chi connectivity index (χ3n) is 6.68. The largest absolute Gasteiger partial charge is 0.416 e. The molecular weight excluding hydrogens is 635 g/mol. The zero-order valence-corrected chi connectivity index (χ0v) is 25.5. The molecule has 46 heavy (non-hydrogen) atoms. The number of alkyl halides is 3. The molecule has 0 bridgehead atoms. The van der Waals surface area contributed by atoms with Crippen LogP contribution >= 0.6 is 23.4 Å². The molecule has 0 radical (unpaired) electrons. The minimum atomic E-state index is -4.59. The first-order chi connectivity index (χ1) is 22.1. The highest BCUT2D eigenvalue weighted by Gasteiger charge is 2.31. The lowest BCUT2D eigenvalue weighted by Gasteiger charge is -2.13. The lowest BCUT2D eigenvalue weighted by Crippen LogP contribution is -2.30. The Balaban J connectivity index is 1.31. The maximum atomic E-state index is 13.6. The van der Waals surface area contributed by atoms with E-state index >= 15 is 0 Å². The fourth-order valence-corrected chi connectivity index (χ4v) is 5.39. The van der Waals surface area contributed by atoms with E-state index in [0.717, 1.165) is 46.3 Å². The topological polar surface area (TPSA) is 87.3 Å². The molecule has 5 aromatic rings. The van der Waals surface area contributed by atoms with Crippen LogP contribution in [0.1, 0.15) is 21.5 Å². The van der Waals surface area contributed by atoms with Gasteiger partial charge in [0.15, 0.2) is 0 Å². The van der Waals surface area contributed by atoms with Gasteiger partial charge in [-0.25, -0.2) is 0 Å². The molecule has 0 aliphatic carbocycles. The van der Waals surface area contributed by atoms with Gasteiger partial charge >= 0.3 is 6.18 Å². The molecule has 5 rings (SSSR count). The van der Waals surface area contributed by atoms with Crippen molar-refractivity contribution in [2.45, 2.75) is 11.1 Å². The summed E-state index contributed by atoms with van der Waals surface area (Å²) >= 11 is 7.10. The minimum absolute atomic E-state index is 0.0144. The molecule has 0 aliphatic rings. The van der Waals surface area contributed by atoms with E-state index in [-0.39, 0.29) is 22.2 Å². The van der Waals surface area contributed by atoms with Gasteiger partial charge in [-0.2, -0.15) is 13.2 Å². The fraction of sp³-hybridized carbons (Fsp3) is 0.0571. The van der Waals surface area contributed by atoms with E-state index in [2.05, 4.69) is 16.0 Å². The summed E-state index contributed by atoms with van der Waals surface area (Å²) in [4.78, 5) is 39.8. The summed E-state index contributed by atoms with van der Waals surface area (Å²) in [6, 6.07) is 31.2. The van der Waals surface area contributed by atoms with Crippen molar-refractivity contribution in [3.63, 3.8) is 0 Å². The SMILES string of the molecule is O=C(CSc1cccc(NC(=O)/C(=C\c2cccc3ccccc23)NC(=O)c2ccccc2)c1)Nc1cc(C(F)(F)F)ccc1Cl. The number of benzene rings is 5. The average molecular weight is 660 g/mol. The molecule has 11 heteroatoms. The van der Waals surface area contributed by atoms with E-state index in [1.807, 2.05) is 42.5 Å². The normalized spacial score (nSPS) is 11.6. The van der Waals surface area contributed by atoms with Gasteiger partial charge in [-0.05, 0) is 70.9 Å². The summed E-state index contributed by atoms with van der Waals surface area (Å²) in [5.74, 6) is -1.73. The van der Waals surface area contributed by atoms with E-state index in [9.17, 15) is 27.6 Å². The highest BCUT2D eigenvalue weighted by molar-refractivity contribution is 8.00. The number of anilines is 2. The number of carbonyl (C=O) groups excluding carboxylic acids is 3. The molecule has 3 amide bonds. The molecule has 0 fully saturated rings. The van der Waals surface area contributed by atoms with E-state index in [1.54, 1.807) is 60.7 Å². The van der Waals surface area contributed by atoms with Gasteiger partial charge in [-0.1, -0.05) is 78.3 Å². The summed E-state index contributed by atoms with van der Waals surface area (Å²) in [7, 11) is 0. The maximum absolute atomic E-state index is 13.6. The Kier molecular flexibility index (Phi) is 10.1. The first-order valence-electron chi connectivity index (χ1n) is 13.8. The Bertz CT molecular complexity index is 1940. The monoisotopic (exact) mass is 659 g/mol. The third kappa shape index (κ3) is 8.35. The fourth-order valence-electron chi connectivity index (χ4n) is 4.47. The molecule has 5 aromatic carbocycles. The van der Waals surface area contributed by atoms with Gasteiger partial charge in [0.25, 0.3) is 11.8 Å². The second-order valence-electron chi connectivity index (χ2n) is 9.96. The Morgan fingerprint density at radius 2 is 1.50 bits per heavy atom. The van der Waals surface area contributed by atoms with Gasteiger partial charge in [-0.3, -0.25) is 14.4 Å². The van der Waals surface area contributed by atoms with Gasteiger partial charge in [-0.15, -0.1) is 11.8 Å². The van der Waals surface area contributed by atoms with Gasteiger partial charge in [0, 0.05) is 16.1 Å². The number of carbonyl (C=O) groups is 3. The molecule has 0 unspecified atom stereocenters. The summed E-state index contributed by atoms with van der Waals surface area (Å²) < 4.78 is 39.2. The van der Waals surface area contributed by atoms with Crippen LogP contribution in [0.5, 0.6) is 0 Å². The van der Waals surface area contributed by atoms with Crippen LogP contribution < -0.4 is 16.0 Å². The summed E-state index contributed by atoms with van der Waals surface area (Å²) in [6.07, 6.45) is -2.97. The van der Waals surface area contributed by atoms with Crippen molar-refractivity contribution in [1.82, 2.24) is 5.32 Å². The number of halogens is 4. The van der Waals surface area contributed by atoms with Crippen LogP contribution in [-0.4, -0.2) is 23.5 Å². The maximum Gasteiger partial charge on any atom is 0.416 e. The number of thioether (sulfide) groups is 1.